The van der Waals surface area contributed by atoms with Crippen molar-refractivity contribution < 1.29 is 33.4 Å². The summed E-state index contributed by atoms with van der Waals surface area (Å²) in [5.41, 5.74) is -0.394. The maximum Gasteiger partial charge on any atom is 0.408 e. The monoisotopic (exact) mass is 635 g/mol. The first-order valence-electron chi connectivity index (χ1n) is 15.2. The van der Waals surface area contributed by atoms with Gasteiger partial charge in [-0.3, -0.25) is 9.59 Å². The first-order valence-corrected chi connectivity index (χ1v) is 15.2. The van der Waals surface area contributed by atoms with E-state index in [-0.39, 0.29) is 12.4 Å². The van der Waals surface area contributed by atoms with Crippen molar-refractivity contribution in [3.8, 4) is 5.75 Å². The molecule has 0 saturated heterocycles. The summed E-state index contributed by atoms with van der Waals surface area (Å²) in [6.45, 7) is 10.1. The number of ether oxygens (including phenoxy) is 3. The topological polar surface area (TPSA) is 150 Å². The first kappa shape index (κ1) is 35.6. The minimum absolute atomic E-state index is 0.182. The Kier molecular flexibility index (Phi) is 12.3. The van der Waals surface area contributed by atoms with Crippen LogP contribution in [0.4, 0.5) is 10.6 Å². The molecule has 1 unspecified atom stereocenters. The van der Waals surface area contributed by atoms with Gasteiger partial charge in [-0.05, 0) is 84.1 Å². The third-order valence-corrected chi connectivity index (χ3v) is 6.90. The second kappa shape index (κ2) is 15.9. The van der Waals surface area contributed by atoms with Crippen LogP contribution in [0.5, 0.6) is 5.75 Å². The van der Waals surface area contributed by atoms with Crippen molar-refractivity contribution in [1.82, 2.24) is 20.2 Å². The van der Waals surface area contributed by atoms with Gasteiger partial charge < -0.3 is 34.7 Å². The Balaban J connectivity index is 1.79. The molecule has 248 valence electrons. The molecule has 1 heterocycles. The number of carbonyl (C=O) groups is 4. The van der Waals surface area contributed by atoms with E-state index in [1.54, 1.807) is 63.6 Å². The Labute approximate surface area is 270 Å². The van der Waals surface area contributed by atoms with Gasteiger partial charge in [0.2, 0.25) is 11.8 Å². The van der Waals surface area contributed by atoms with E-state index in [0.717, 1.165) is 5.56 Å². The number of carbonyl (C=O) groups excluding carboxylic acids is 4. The summed E-state index contributed by atoms with van der Waals surface area (Å²) in [6.07, 6.45) is 3.80. The molecule has 12 heteroatoms. The molecule has 0 saturated carbocycles. The minimum atomic E-state index is -1.38. The maximum atomic E-state index is 13.6. The lowest BCUT2D eigenvalue weighted by atomic mass is 10.0. The van der Waals surface area contributed by atoms with Gasteiger partial charge in [-0.15, -0.1) is 0 Å². The zero-order valence-electron chi connectivity index (χ0n) is 27.6. The van der Waals surface area contributed by atoms with Gasteiger partial charge in [-0.1, -0.05) is 42.5 Å². The molecule has 12 nitrogen and oxygen atoms in total. The number of hydrogen-bond donors (Lipinski definition) is 3. The van der Waals surface area contributed by atoms with Gasteiger partial charge in [0.05, 0.1) is 20.0 Å². The largest absolute Gasteiger partial charge is 0.497 e. The van der Waals surface area contributed by atoms with Crippen LogP contribution in [0, 0.1) is 0 Å². The molecule has 0 bridgehead atoms. The fourth-order valence-electron chi connectivity index (χ4n) is 4.57. The molecule has 3 N–H and O–H groups in total. The Morgan fingerprint density at radius 3 is 2.24 bits per heavy atom. The van der Waals surface area contributed by atoms with Gasteiger partial charge in [0.25, 0.3) is 0 Å². The summed E-state index contributed by atoms with van der Waals surface area (Å²) in [5.74, 6) is -0.743. The number of benzene rings is 2. The van der Waals surface area contributed by atoms with Gasteiger partial charge in [-0.25, -0.2) is 14.6 Å². The van der Waals surface area contributed by atoms with Crippen LogP contribution in [-0.2, 0) is 30.3 Å². The van der Waals surface area contributed by atoms with Crippen LogP contribution in [0.25, 0.3) is 0 Å². The van der Waals surface area contributed by atoms with Crippen LogP contribution in [-0.4, -0.2) is 64.3 Å². The fourth-order valence-corrected chi connectivity index (χ4v) is 4.57. The van der Waals surface area contributed by atoms with E-state index in [0.29, 0.717) is 30.6 Å². The molecule has 2 aromatic carbocycles. The molecule has 3 amide bonds. The lowest BCUT2D eigenvalue weighted by Crippen LogP contribution is -2.58. The number of aryl methyl sites for hydroxylation is 1. The molecular formula is C34H45N5O7. The van der Waals surface area contributed by atoms with Crippen molar-refractivity contribution in [3.05, 3.63) is 78.2 Å². The number of rotatable bonds is 14. The van der Waals surface area contributed by atoms with Gasteiger partial charge >= 0.3 is 12.1 Å². The Morgan fingerprint density at radius 2 is 1.63 bits per heavy atom. The number of nitrogens with zero attached hydrogens (tertiary/aromatic N) is 2. The number of amides is 3. The third kappa shape index (κ3) is 10.6. The van der Waals surface area contributed by atoms with E-state index in [2.05, 4.69) is 20.9 Å². The average molecular weight is 636 g/mol. The highest BCUT2D eigenvalue weighted by Gasteiger charge is 2.34. The number of hydrogen-bond acceptors (Lipinski definition) is 8. The number of esters is 1. The second-order valence-electron chi connectivity index (χ2n) is 12.3. The van der Waals surface area contributed by atoms with Crippen molar-refractivity contribution in [1.29, 1.82) is 0 Å². The number of imidazole rings is 1. The molecular weight excluding hydrogens is 590 g/mol. The number of nitrogens with one attached hydrogen (secondary N) is 3. The van der Waals surface area contributed by atoms with Gasteiger partial charge in [0, 0.05) is 6.20 Å². The van der Waals surface area contributed by atoms with E-state index >= 15 is 0 Å². The smallest absolute Gasteiger partial charge is 0.408 e. The summed E-state index contributed by atoms with van der Waals surface area (Å²) in [6, 6.07) is 15.0. The molecule has 0 aliphatic rings. The normalized spacial score (nSPS) is 12.8. The summed E-state index contributed by atoms with van der Waals surface area (Å²) < 4.78 is 17.4. The zero-order chi connectivity index (χ0) is 33.9. The predicted molar refractivity (Wildman–Crippen MR) is 173 cm³/mol. The van der Waals surface area contributed by atoms with Crippen LogP contribution < -0.4 is 20.7 Å². The molecule has 0 radical (unpaired) electrons. The summed E-state index contributed by atoms with van der Waals surface area (Å²) in [7, 11) is 1.55. The molecule has 46 heavy (non-hydrogen) atoms. The molecule has 0 fully saturated rings. The standard InChI is InChI=1S/C34H45N5O7/c1-8-45-30(41)28(24-17-19-25(44-7)20-18-24)39-21-27(35-22-39)37-29(40)26(16-12-15-23-13-10-9-11-14-23)36-31(42)34(5,6)38-32(43)46-33(2,3)4/h9-11,13-14,17-22,26,28H,8,12,15-16H2,1-7H3,(H,36,42)(H,37,40)(H,38,43)/t26-,28?/m1/s1. The SMILES string of the molecule is CCOC(=O)C(c1ccc(OC)cc1)n1cnc(NC(=O)[C@@H](CCCc2ccccc2)NC(=O)C(C)(C)NC(=O)OC(C)(C)C)c1. The van der Waals surface area contributed by atoms with E-state index in [4.69, 9.17) is 14.2 Å². The molecule has 0 aliphatic heterocycles. The van der Waals surface area contributed by atoms with E-state index in [1.807, 2.05) is 30.3 Å². The van der Waals surface area contributed by atoms with Crippen molar-refractivity contribution in [3.63, 3.8) is 0 Å². The second-order valence-corrected chi connectivity index (χ2v) is 12.3. The summed E-state index contributed by atoms with van der Waals surface area (Å²) >= 11 is 0. The molecule has 3 aromatic rings. The van der Waals surface area contributed by atoms with Gasteiger partial charge in [0.1, 0.15) is 22.9 Å². The quantitative estimate of drug-likeness (QED) is 0.214. The molecule has 0 aliphatic carbocycles. The van der Waals surface area contributed by atoms with Crippen molar-refractivity contribution in [2.24, 2.45) is 0 Å². The molecule has 1 aromatic heterocycles. The molecule has 0 spiro atoms. The molecule has 3 rings (SSSR count). The number of alkyl carbamates (subject to hydrolysis) is 1. The summed E-state index contributed by atoms with van der Waals surface area (Å²) in [5, 5.41) is 8.13. The highest BCUT2D eigenvalue weighted by atomic mass is 16.6. The predicted octanol–water partition coefficient (Wildman–Crippen LogP) is 4.79. The zero-order valence-corrected chi connectivity index (χ0v) is 27.6. The number of methoxy groups -OCH3 is 1. The van der Waals surface area contributed by atoms with Crippen LogP contribution in [0.15, 0.2) is 67.1 Å². The highest BCUT2D eigenvalue weighted by Crippen LogP contribution is 2.24. The van der Waals surface area contributed by atoms with Crippen molar-refractivity contribution in [2.75, 3.05) is 19.0 Å². The van der Waals surface area contributed by atoms with Crippen LogP contribution >= 0.6 is 0 Å². The average Bonchev–Trinajstić information content (AvgIpc) is 3.43. The van der Waals surface area contributed by atoms with E-state index < -0.39 is 47.1 Å². The highest BCUT2D eigenvalue weighted by molar-refractivity contribution is 5.98. The van der Waals surface area contributed by atoms with Crippen LogP contribution in [0.3, 0.4) is 0 Å². The Bertz CT molecular complexity index is 1460. The third-order valence-electron chi connectivity index (χ3n) is 6.90. The maximum absolute atomic E-state index is 13.6. The van der Waals surface area contributed by atoms with Crippen molar-refractivity contribution in [2.45, 2.75) is 84.0 Å². The lowest BCUT2D eigenvalue weighted by Gasteiger charge is -2.29. The minimum Gasteiger partial charge on any atom is -0.497 e. The van der Waals surface area contributed by atoms with E-state index in [9.17, 15) is 19.2 Å². The Hall–Kier alpha value is -4.87. The van der Waals surface area contributed by atoms with E-state index in [1.165, 1.54) is 26.4 Å². The number of anilines is 1. The van der Waals surface area contributed by atoms with Crippen molar-refractivity contribution >= 4 is 29.7 Å². The first-order chi connectivity index (χ1) is 21.7. The van der Waals surface area contributed by atoms with Gasteiger partial charge in [-0.2, -0.15) is 0 Å². The lowest BCUT2D eigenvalue weighted by molar-refractivity contribution is -0.145. The fraction of sp³-hybridized carbons (Fsp3) is 0.441. The molecule has 2 atom stereocenters. The van der Waals surface area contributed by atoms with Crippen LogP contribution in [0.1, 0.15) is 71.6 Å². The van der Waals surface area contributed by atoms with Crippen LogP contribution in [0.2, 0.25) is 0 Å². The number of aromatic nitrogens is 2. The Morgan fingerprint density at radius 1 is 0.957 bits per heavy atom. The summed E-state index contributed by atoms with van der Waals surface area (Å²) in [4.78, 5) is 56.6. The van der Waals surface area contributed by atoms with Gasteiger partial charge in [0.15, 0.2) is 11.9 Å².